The second-order valence-corrected chi connectivity index (χ2v) is 6.97. The number of aromatic nitrogens is 2. The van der Waals surface area contributed by atoms with Crippen LogP contribution in [0.4, 0.5) is 0 Å². The van der Waals surface area contributed by atoms with Crippen molar-refractivity contribution in [1.82, 2.24) is 15.1 Å². The highest BCUT2D eigenvalue weighted by Gasteiger charge is 2.55. The molecule has 106 valence electrons. The zero-order valence-electron chi connectivity index (χ0n) is 12.1. The van der Waals surface area contributed by atoms with Crippen LogP contribution < -0.4 is 5.32 Å². The molecule has 0 radical (unpaired) electrons. The zero-order valence-corrected chi connectivity index (χ0v) is 13.7. The van der Waals surface area contributed by atoms with Crippen LogP contribution in [0.3, 0.4) is 0 Å². The van der Waals surface area contributed by atoms with Gasteiger partial charge in [0, 0.05) is 19.5 Å². The zero-order chi connectivity index (χ0) is 13.6. The first-order chi connectivity index (χ1) is 9.13. The summed E-state index contributed by atoms with van der Waals surface area (Å²) in [5.41, 5.74) is 2.44. The molecule has 1 heterocycles. The molecule has 2 aliphatic rings. The molecule has 0 amide bonds. The Morgan fingerprint density at radius 2 is 2.11 bits per heavy atom. The maximum absolute atomic E-state index is 4.52. The molecule has 0 saturated heterocycles. The number of nitrogens with one attached hydrogen (secondary N) is 1. The third-order valence-corrected chi connectivity index (χ3v) is 6.11. The Labute approximate surface area is 124 Å². The van der Waals surface area contributed by atoms with E-state index in [-0.39, 0.29) is 0 Å². The predicted molar refractivity (Wildman–Crippen MR) is 81.1 cm³/mol. The van der Waals surface area contributed by atoms with Crippen molar-refractivity contribution in [3.8, 4) is 0 Å². The van der Waals surface area contributed by atoms with Gasteiger partial charge in [0.05, 0.1) is 15.9 Å². The fourth-order valence-corrected chi connectivity index (χ4v) is 4.69. The molecule has 3 unspecified atom stereocenters. The molecule has 0 aromatic carbocycles. The van der Waals surface area contributed by atoms with Gasteiger partial charge in [-0.1, -0.05) is 13.3 Å². The van der Waals surface area contributed by atoms with E-state index in [2.05, 4.69) is 47.2 Å². The highest BCUT2D eigenvalue weighted by molar-refractivity contribution is 9.10. The first-order valence-electron chi connectivity index (χ1n) is 7.54. The molecular weight excluding hydrogens is 302 g/mol. The summed E-state index contributed by atoms with van der Waals surface area (Å²) in [4.78, 5) is 0. The summed E-state index contributed by atoms with van der Waals surface area (Å²) < 4.78 is 3.24. The number of hydrogen-bond acceptors (Lipinski definition) is 2. The Morgan fingerprint density at radius 3 is 2.63 bits per heavy atom. The van der Waals surface area contributed by atoms with Gasteiger partial charge in [0.15, 0.2) is 0 Å². The summed E-state index contributed by atoms with van der Waals surface area (Å²) in [7, 11) is 2.06. The molecule has 3 nitrogen and oxygen atoms in total. The summed E-state index contributed by atoms with van der Waals surface area (Å²) in [5.74, 6) is 2.94. The van der Waals surface area contributed by atoms with Crippen molar-refractivity contribution in [3.63, 3.8) is 0 Å². The van der Waals surface area contributed by atoms with E-state index in [4.69, 9.17) is 0 Å². The summed E-state index contributed by atoms with van der Waals surface area (Å²) in [6, 6.07) is 0.631. The smallest absolute Gasteiger partial charge is 0.0738 e. The molecule has 2 aliphatic carbocycles. The first kappa shape index (κ1) is 13.6. The van der Waals surface area contributed by atoms with Gasteiger partial charge < -0.3 is 5.32 Å². The molecule has 0 bridgehead atoms. The van der Waals surface area contributed by atoms with Gasteiger partial charge in [-0.2, -0.15) is 5.10 Å². The average Bonchev–Trinajstić information content (AvgIpc) is 2.74. The van der Waals surface area contributed by atoms with Crippen molar-refractivity contribution in [2.45, 2.75) is 45.6 Å². The largest absolute Gasteiger partial charge is 0.314 e. The van der Waals surface area contributed by atoms with E-state index in [1.165, 1.54) is 29.4 Å². The maximum atomic E-state index is 4.52. The number of aryl methyl sites for hydroxylation is 2. The number of rotatable bonds is 5. The second-order valence-electron chi connectivity index (χ2n) is 6.17. The van der Waals surface area contributed by atoms with E-state index in [0.717, 1.165) is 36.4 Å². The summed E-state index contributed by atoms with van der Waals surface area (Å²) in [6.07, 6.45) is 5.48. The minimum atomic E-state index is 0.631. The molecular formula is C15H24BrN3. The highest BCUT2D eigenvalue weighted by Crippen LogP contribution is 2.59. The Kier molecular flexibility index (Phi) is 3.73. The van der Waals surface area contributed by atoms with E-state index < -0.39 is 0 Å². The fourth-order valence-electron chi connectivity index (χ4n) is 4.19. The van der Waals surface area contributed by atoms with Gasteiger partial charge in [0.1, 0.15) is 0 Å². The lowest BCUT2D eigenvalue weighted by molar-refractivity contribution is 0.403. The highest BCUT2D eigenvalue weighted by atomic mass is 79.9. The van der Waals surface area contributed by atoms with Crippen LogP contribution >= 0.6 is 15.9 Å². The molecule has 4 heteroatoms. The fraction of sp³-hybridized carbons (Fsp3) is 0.800. The predicted octanol–water partition coefficient (Wildman–Crippen LogP) is 3.06. The third kappa shape index (κ3) is 2.38. The van der Waals surface area contributed by atoms with Crippen molar-refractivity contribution >= 4 is 15.9 Å². The Hall–Kier alpha value is -0.350. The lowest BCUT2D eigenvalue weighted by Crippen LogP contribution is -2.35. The van der Waals surface area contributed by atoms with E-state index in [1.807, 2.05) is 4.68 Å². The first-order valence-corrected chi connectivity index (χ1v) is 8.34. The lowest BCUT2D eigenvalue weighted by atomic mass is 9.99. The third-order valence-electron chi connectivity index (χ3n) is 5.08. The van der Waals surface area contributed by atoms with Gasteiger partial charge in [-0.25, -0.2) is 0 Å². The van der Waals surface area contributed by atoms with Crippen LogP contribution in [0.5, 0.6) is 0 Å². The molecule has 0 aliphatic heterocycles. The van der Waals surface area contributed by atoms with Crippen molar-refractivity contribution in [2.24, 2.45) is 24.8 Å². The molecule has 19 heavy (non-hydrogen) atoms. The van der Waals surface area contributed by atoms with Crippen LogP contribution in [0.1, 0.15) is 37.6 Å². The van der Waals surface area contributed by atoms with Crippen LogP contribution in [0.25, 0.3) is 0 Å². The molecule has 2 fully saturated rings. The maximum Gasteiger partial charge on any atom is 0.0738 e. The van der Waals surface area contributed by atoms with E-state index >= 15 is 0 Å². The van der Waals surface area contributed by atoms with E-state index in [0.29, 0.717) is 6.04 Å². The quantitative estimate of drug-likeness (QED) is 0.901. The van der Waals surface area contributed by atoms with Gasteiger partial charge in [0.2, 0.25) is 0 Å². The van der Waals surface area contributed by atoms with Crippen LogP contribution in [-0.2, 0) is 13.5 Å². The molecule has 0 spiro atoms. The monoisotopic (exact) mass is 325 g/mol. The van der Waals surface area contributed by atoms with Crippen molar-refractivity contribution in [1.29, 1.82) is 0 Å². The van der Waals surface area contributed by atoms with Gasteiger partial charge in [-0.15, -0.1) is 0 Å². The van der Waals surface area contributed by atoms with Crippen molar-refractivity contribution in [2.75, 3.05) is 6.54 Å². The molecule has 1 aromatic rings. The number of nitrogens with zero attached hydrogens (tertiary/aromatic N) is 2. The van der Waals surface area contributed by atoms with Crippen LogP contribution in [0.15, 0.2) is 4.47 Å². The van der Waals surface area contributed by atoms with Crippen LogP contribution in [0.2, 0.25) is 0 Å². The Balaban J connectivity index is 1.74. The standard InChI is InChI=1S/C15H24BrN3/c1-4-17-12(14-10-6-5-7-11(10)14)8-13-15(16)9(2)18-19(13)3/h10-12,14,17H,4-8H2,1-3H3. The van der Waals surface area contributed by atoms with Crippen molar-refractivity contribution in [3.05, 3.63) is 15.9 Å². The van der Waals surface area contributed by atoms with E-state index in [9.17, 15) is 0 Å². The van der Waals surface area contributed by atoms with Gasteiger partial charge in [-0.05, 0) is 60.0 Å². The SMILES string of the molecule is CCNC(Cc1c(Br)c(C)nn1C)C1C2CCCC21. The molecule has 1 aromatic heterocycles. The van der Waals surface area contributed by atoms with Crippen LogP contribution in [0, 0.1) is 24.7 Å². The molecule has 1 N–H and O–H groups in total. The molecule has 3 atom stereocenters. The van der Waals surface area contributed by atoms with Gasteiger partial charge >= 0.3 is 0 Å². The number of hydrogen-bond donors (Lipinski definition) is 1. The normalized spacial score (nSPS) is 30.4. The average molecular weight is 326 g/mol. The minimum absolute atomic E-state index is 0.631. The minimum Gasteiger partial charge on any atom is -0.314 e. The van der Waals surface area contributed by atoms with Crippen LogP contribution in [-0.4, -0.2) is 22.4 Å². The number of likely N-dealkylation sites (N-methyl/N-ethyl adjacent to an activating group) is 1. The number of fused-ring (bicyclic) bond motifs is 1. The van der Waals surface area contributed by atoms with Gasteiger partial charge in [-0.3, -0.25) is 4.68 Å². The Morgan fingerprint density at radius 1 is 1.42 bits per heavy atom. The molecule has 2 saturated carbocycles. The topological polar surface area (TPSA) is 29.9 Å². The van der Waals surface area contributed by atoms with Gasteiger partial charge in [0.25, 0.3) is 0 Å². The second kappa shape index (κ2) is 5.21. The number of halogens is 1. The summed E-state index contributed by atoms with van der Waals surface area (Å²) >= 11 is 3.70. The summed E-state index contributed by atoms with van der Waals surface area (Å²) in [5, 5.41) is 8.24. The van der Waals surface area contributed by atoms with Crippen molar-refractivity contribution < 1.29 is 0 Å². The summed E-state index contributed by atoms with van der Waals surface area (Å²) in [6.45, 7) is 5.35. The lowest BCUT2D eigenvalue weighted by Gasteiger charge is -2.20. The Bertz CT molecular complexity index is 458. The van der Waals surface area contributed by atoms with E-state index in [1.54, 1.807) is 0 Å². The molecule has 3 rings (SSSR count).